The van der Waals surface area contributed by atoms with Gasteiger partial charge in [-0.05, 0) is 0 Å². The predicted molar refractivity (Wildman–Crippen MR) is 56.4 cm³/mol. The van der Waals surface area contributed by atoms with Crippen molar-refractivity contribution in [2.24, 2.45) is 0 Å². The zero-order valence-electron chi connectivity index (χ0n) is 8.75. The SMILES string of the molecule is O=c1[nH]cc([C@H]2N[C@@H](CO)[C@@H](O)[C@H]2O)c(=O)[nH]1. The second kappa shape index (κ2) is 4.41. The van der Waals surface area contributed by atoms with Gasteiger partial charge in [0.15, 0.2) is 0 Å². The maximum absolute atomic E-state index is 11.5. The van der Waals surface area contributed by atoms with Crippen molar-refractivity contribution in [1.82, 2.24) is 15.3 Å². The molecule has 0 radical (unpaired) electrons. The average Bonchev–Trinajstić information content (AvgIpc) is 2.57. The summed E-state index contributed by atoms with van der Waals surface area (Å²) in [6, 6.07) is -1.54. The van der Waals surface area contributed by atoms with Crippen molar-refractivity contribution in [3.63, 3.8) is 0 Å². The van der Waals surface area contributed by atoms with Gasteiger partial charge >= 0.3 is 5.69 Å². The Bertz CT molecular complexity index is 510. The summed E-state index contributed by atoms with van der Waals surface area (Å²) < 4.78 is 0. The molecule has 2 heterocycles. The Morgan fingerprint density at radius 1 is 1.24 bits per heavy atom. The maximum Gasteiger partial charge on any atom is 0.325 e. The molecule has 6 N–H and O–H groups in total. The molecular formula is C9H13N3O5. The summed E-state index contributed by atoms with van der Waals surface area (Å²) >= 11 is 0. The van der Waals surface area contributed by atoms with Gasteiger partial charge in [-0.1, -0.05) is 0 Å². The van der Waals surface area contributed by atoms with E-state index in [0.717, 1.165) is 0 Å². The van der Waals surface area contributed by atoms with Gasteiger partial charge in [0.05, 0.1) is 30.4 Å². The van der Waals surface area contributed by atoms with Crippen LogP contribution in [0.5, 0.6) is 0 Å². The molecule has 1 aromatic rings. The molecule has 17 heavy (non-hydrogen) atoms. The Hall–Kier alpha value is -1.48. The van der Waals surface area contributed by atoms with E-state index < -0.39 is 35.5 Å². The van der Waals surface area contributed by atoms with E-state index in [4.69, 9.17) is 5.11 Å². The number of hydrogen-bond donors (Lipinski definition) is 6. The van der Waals surface area contributed by atoms with Crippen molar-refractivity contribution < 1.29 is 15.3 Å². The van der Waals surface area contributed by atoms with Gasteiger partial charge in [0.1, 0.15) is 6.10 Å². The molecule has 0 saturated carbocycles. The first-order valence-corrected chi connectivity index (χ1v) is 5.09. The number of aliphatic hydroxyl groups is 3. The molecule has 1 aliphatic heterocycles. The number of aromatic amines is 2. The molecule has 0 spiro atoms. The first-order valence-electron chi connectivity index (χ1n) is 5.09. The van der Waals surface area contributed by atoms with Crippen LogP contribution in [0.15, 0.2) is 15.8 Å². The maximum atomic E-state index is 11.5. The molecule has 8 heteroatoms. The Morgan fingerprint density at radius 2 is 1.94 bits per heavy atom. The van der Waals surface area contributed by atoms with E-state index in [1.165, 1.54) is 6.20 Å². The lowest BCUT2D eigenvalue weighted by Gasteiger charge is -2.14. The standard InChI is InChI=1S/C9H13N3O5/c13-2-4-6(14)7(15)5(11-4)3-1-10-9(17)12-8(3)16/h1,4-7,11,13-15H,2H2,(H2,10,12,16,17)/t4-,5+,6+,7-/m0/s1. The molecule has 0 aromatic carbocycles. The average molecular weight is 243 g/mol. The van der Waals surface area contributed by atoms with Gasteiger partial charge < -0.3 is 20.3 Å². The summed E-state index contributed by atoms with van der Waals surface area (Å²) in [6.07, 6.45) is -1.22. The smallest absolute Gasteiger partial charge is 0.325 e. The lowest BCUT2D eigenvalue weighted by molar-refractivity contribution is 0.0193. The third-order valence-electron chi connectivity index (χ3n) is 2.88. The predicted octanol–water partition coefficient (Wildman–Crippen LogP) is -3.21. The van der Waals surface area contributed by atoms with Crippen LogP contribution >= 0.6 is 0 Å². The van der Waals surface area contributed by atoms with Crippen molar-refractivity contribution in [3.05, 3.63) is 32.6 Å². The van der Waals surface area contributed by atoms with E-state index in [9.17, 15) is 19.8 Å². The van der Waals surface area contributed by atoms with Crippen molar-refractivity contribution in [1.29, 1.82) is 0 Å². The van der Waals surface area contributed by atoms with E-state index in [1.54, 1.807) is 0 Å². The van der Waals surface area contributed by atoms with Crippen LogP contribution in [-0.4, -0.2) is 50.1 Å². The lowest BCUT2D eigenvalue weighted by atomic mass is 10.0. The molecule has 0 bridgehead atoms. The fourth-order valence-corrected chi connectivity index (χ4v) is 1.95. The Morgan fingerprint density at radius 3 is 2.47 bits per heavy atom. The first kappa shape index (κ1) is 12.0. The molecule has 94 valence electrons. The van der Waals surface area contributed by atoms with Crippen LogP contribution in [0.4, 0.5) is 0 Å². The summed E-state index contributed by atoms with van der Waals surface area (Å²) in [5.74, 6) is 0. The van der Waals surface area contributed by atoms with Crippen molar-refractivity contribution in [2.75, 3.05) is 6.61 Å². The summed E-state index contributed by atoms with van der Waals surface area (Å²) in [5, 5.41) is 31.0. The minimum Gasteiger partial charge on any atom is -0.395 e. The second-order valence-electron chi connectivity index (χ2n) is 3.94. The summed E-state index contributed by atoms with van der Waals surface area (Å²) in [5.41, 5.74) is -1.19. The van der Waals surface area contributed by atoms with E-state index in [0.29, 0.717) is 0 Å². The van der Waals surface area contributed by atoms with Gasteiger partial charge in [0.2, 0.25) is 0 Å². The molecule has 0 unspecified atom stereocenters. The first-order chi connectivity index (χ1) is 8.04. The van der Waals surface area contributed by atoms with Crippen LogP contribution in [0.25, 0.3) is 0 Å². The monoisotopic (exact) mass is 243 g/mol. The van der Waals surface area contributed by atoms with Crippen molar-refractivity contribution in [3.8, 4) is 0 Å². The van der Waals surface area contributed by atoms with Gasteiger partial charge in [-0.15, -0.1) is 0 Å². The molecule has 1 fully saturated rings. The molecule has 1 aliphatic rings. The van der Waals surface area contributed by atoms with Crippen molar-refractivity contribution >= 4 is 0 Å². The third kappa shape index (κ3) is 2.03. The molecule has 1 aromatic heterocycles. The quantitative estimate of drug-likeness (QED) is 0.323. The van der Waals surface area contributed by atoms with E-state index in [1.807, 2.05) is 4.98 Å². The largest absolute Gasteiger partial charge is 0.395 e. The van der Waals surface area contributed by atoms with Gasteiger partial charge in [0.25, 0.3) is 5.56 Å². The number of hydrogen-bond acceptors (Lipinski definition) is 6. The molecule has 1 saturated heterocycles. The molecule has 0 amide bonds. The number of rotatable bonds is 2. The minimum absolute atomic E-state index is 0.104. The molecule has 2 rings (SSSR count). The van der Waals surface area contributed by atoms with Crippen LogP contribution in [0, 0.1) is 0 Å². The normalized spacial score (nSPS) is 32.9. The van der Waals surface area contributed by atoms with E-state index in [-0.39, 0.29) is 12.2 Å². The number of aromatic nitrogens is 2. The van der Waals surface area contributed by atoms with E-state index >= 15 is 0 Å². The van der Waals surface area contributed by atoms with Gasteiger partial charge in [-0.2, -0.15) is 0 Å². The Labute approximate surface area is 94.9 Å². The highest BCUT2D eigenvalue weighted by Crippen LogP contribution is 2.24. The number of nitrogens with one attached hydrogen (secondary N) is 3. The molecule has 8 nitrogen and oxygen atoms in total. The van der Waals surface area contributed by atoms with Gasteiger partial charge in [0, 0.05) is 6.20 Å². The molecular weight excluding hydrogens is 230 g/mol. The van der Waals surface area contributed by atoms with Gasteiger partial charge in [-0.25, -0.2) is 4.79 Å². The highest BCUT2D eigenvalue weighted by Gasteiger charge is 2.42. The van der Waals surface area contributed by atoms with Crippen LogP contribution in [-0.2, 0) is 0 Å². The number of aliphatic hydroxyl groups excluding tert-OH is 3. The zero-order chi connectivity index (χ0) is 12.6. The molecule has 4 atom stereocenters. The Balaban J connectivity index is 2.35. The fourth-order valence-electron chi connectivity index (χ4n) is 1.95. The van der Waals surface area contributed by atoms with Crippen LogP contribution in [0.1, 0.15) is 11.6 Å². The lowest BCUT2D eigenvalue weighted by Crippen LogP contribution is -2.36. The Kier molecular flexibility index (Phi) is 3.11. The highest BCUT2D eigenvalue weighted by molar-refractivity contribution is 5.17. The molecule has 0 aliphatic carbocycles. The van der Waals surface area contributed by atoms with Crippen molar-refractivity contribution in [2.45, 2.75) is 24.3 Å². The summed E-state index contributed by atoms with van der Waals surface area (Å²) in [6.45, 7) is -0.365. The van der Waals surface area contributed by atoms with Crippen LogP contribution in [0.2, 0.25) is 0 Å². The second-order valence-corrected chi connectivity index (χ2v) is 3.94. The fraction of sp³-hybridized carbons (Fsp3) is 0.556. The summed E-state index contributed by atoms with van der Waals surface area (Å²) in [7, 11) is 0. The van der Waals surface area contributed by atoms with Crippen LogP contribution < -0.4 is 16.6 Å². The third-order valence-corrected chi connectivity index (χ3v) is 2.88. The minimum atomic E-state index is -1.22. The summed E-state index contributed by atoms with van der Waals surface area (Å²) in [4.78, 5) is 26.6. The topological polar surface area (TPSA) is 138 Å². The van der Waals surface area contributed by atoms with Gasteiger partial charge in [-0.3, -0.25) is 15.1 Å². The van der Waals surface area contributed by atoms with Crippen LogP contribution in [0.3, 0.4) is 0 Å². The number of H-pyrrole nitrogens is 2. The van der Waals surface area contributed by atoms with E-state index in [2.05, 4.69) is 10.3 Å². The zero-order valence-corrected chi connectivity index (χ0v) is 8.75. The highest BCUT2D eigenvalue weighted by atomic mass is 16.3.